The molecule has 20 heavy (non-hydrogen) atoms. The molecule has 0 aromatic rings. The number of likely N-dealkylation sites (tertiary alicyclic amines) is 1. The van der Waals surface area contributed by atoms with E-state index in [0.29, 0.717) is 17.9 Å². The van der Waals surface area contributed by atoms with E-state index in [1.807, 2.05) is 0 Å². The molecule has 116 valence electrons. The monoisotopic (exact) mass is 282 g/mol. The van der Waals surface area contributed by atoms with Crippen LogP contribution in [0.1, 0.15) is 34.1 Å². The number of nitrogens with one attached hydrogen (secondary N) is 1. The van der Waals surface area contributed by atoms with Crippen molar-refractivity contribution in [2.45, 2.75) is 40.2 Å². The lowest BCUT2D eigenvalue weighted by Crippen LogP contribution is -2.50. The zero-order chi connectivity index (χ0) is 15.3. The molecule has 0 aromatic heterocycles. The molecule has 1 heterocycles. The molecule has 0 spiro atoms. The Morgan fingerprint density at radius 2 is 1.85 bits per heavy atom. The predicted octanol–water partition coefficient (Wildman–Crippen LogP) is 1.41. The smallest absolute Gasteiger partial charge is 0.243 e. The molecule has 1 fully saturated rings. The molecule has 2 unspecified atom stereocenters. The molecule has 1 rings (SSSR count). The summed E-state index contributed by atoms with van der Waals surface area (Å²) in [7, 11) is 3.52. The van der Waals surface area contributed by atoms with E-state index in [0.717, 1.165) is 19.0 Å². The quantitative estimate of drug-likeness (QED) is 0.629. The number of carbonyl (C=O) groups is 1. The van der Waals surface area contributed by atoms with Gasteiger partial charge in [0.2, 0.25) is 5.91 Å². The highest BCUT2D eigenvalue weighted by atomic mass is 16.2. The van der Waals surface area contributed by atoms with Gasteiger partial charge in [-0.05, 0) is 32.1 Å². The van der Waals surface area contributed by atoms with Gasteiger partial charge in [0, 0.05) is 33.2 Å². The van der Waals surface area contributed by atoms with Crippen LogP contribution in [-0.4, -0.2) is 61.4 Å². The van der Waals surface area contributed by atoms with Gasteiger partial charge in [0.15, 0.2) is 5.96 Å². The van der Waals surface area contributed by atoms with E-state index in [-0.39, 0.29) is 12.5 Å². The number of likely N-dealkylation sites (N-methyl/N-ethyl adjacent to an activating group) is 1. The van der Waals surface area contributed by atoms with Crippen molar-refractivity contribution < 1.29 is 4.79 Å². The molecule has 1 N–H and O–H groups in total. The van der Waals surface area contributed by atoms with Crippen molar-refractivity contribution >= 4 is 11.9 Å². The molecule has 1 aliphatic rings. The Kier molecular flexibility index (Phi) is 6.30. The van der Waals surface area contributed by atoms with E-state index in [1.54, 1.807) is 19.0 Å². The van der Waals surface area contributed by atoms with Crippen molar-refractivity contribution in [2.75, 3.05) is 33.7 Å². The standard InChI is InChI=1S/C15H30N4O/c1-11(2)17-15(16-8-14(20)18(5)6)19-9-12(3)7-13(4)10-19/h11-13H,7-10H2,1-6H3,(H,16,17). The first kappa shape index (κ1) is 16.8. The Labute approximate surface area is 123 Å². The van der Waals surface area contributed by atoms with Crippen molar-refractivity contribution in [3.8, 4) is 0 Å². The molecular formula is C15H30N4O. The maximum absolute atomic E-state index is 11.7. The van der Waals surface area contributed by atoms with Crippen LogP contribution in [0.4, 0.5) is 0 Å². The maximum Gasteiger partial charge on any atom is 0.243 e. The van der Waals surface area contributed by atoms with E-state index < -0.39 is 0 Å². The highest BCUT2D eigenvalue weighted by molar-refractivity contribution is 5.85. The number of rotatable bonds is 3. The van der Waals surface area contributed by atoms with Gasteiger partial charge in [0.25, 0.3) is 0 Å². The van der Waals surface area contributed by atoms with Crippen LogP contribution in [0.5, 0.6) is 0 Å². The van der Waals surface area contributed by atoms with E-state index >= 15 is 0 Å². The number of nitrogens with zero attached hydrogens (tertiary/aromatic N) is 3. The first-order chi connectivity index (χ1) is 9.29. The largest absolute Gasteiger partial charge is 0.354 e. The SMILES string of the molecule is CC1CC(C)CN(C(=NCC(=O)N(C)C)NC(C)C)C1. The van der Waals surface area contributed by atoms with Crippen LogP contribution in [-0.2, 0) is 4.79 Å². The number of piperidine rings is 1. The third-order valence-electron chi connectivity index (χ3n) is 3.45. The van der Waals surface area contributed by atoms with Crippen LogP contribution in [0.25, 0.3) is 0 Å². The molecule has 0 aromatic carbocycles. The van der Waals surface area contributed by atoms with Gasteiger partial charge in [0.05, 0.1) is 0 Å². The fourth-order valence-corrected chi connectivity index (χ4v) is 2.61. The highest BCUT2D eigenvalue weighted by Gasteiger charge is 2.24. The van der Waals surface area contributed by atoms with E-state index in [9.17, 15) is 4.79 Å². The number of hydrogen-bond acceptors (Lipinski definition) is 2. The van der Waals surface area contributed by atoms with Gasteiger partial charge in [-0.25, -0.2) is 4.99 Å². The average Bonchev–Trinajstić information content (AvgIpc) is 2.32. The zero-order valence-electron chi connectivity index (χ0n) is 13.8. The van der Waals surface area contributed by atoms with Crippen LogP contribution in [0.3, 0.4) is 0 Å². The third-order valence-corrected chi connectivity index (χ3v) is 3.45. The third kappa shape index (κ3) is 5.39. The Bertz CT molecular complexity index is 342. The van der Waals surface area contributed by atoms with Gasteiger partial charge in [-0.1, -0.05) is 13.8 Å². The second kappa shape index (κ2) is 7.50. The highest BCUT2D eigenvalue weighted by Crippen LogP contribution is 2.20. The van der Waals surface area contributed by atoms with E-state index in [4.69, 9.17) is 0 Å². The summed E-state index contributed by atoms with van der Waals surface area (Å²) in [4.78, 5) is 20.1. The Balaban J connectivity index is 2.77. The summed E-state index contributed by atoms with van der Waals surface area (Å²) in [5, 5.41) is 3.39. The van der Waals surface area contributed by atoms with Crippen LogP contribution in [0.2, 0.25) is 0 Å². The molecule has 1 aliphatic heterocycles. The summed E-state index contributed by atoms with van der Waals surface area (Å²) in [6.45, 7) is 11.0. The lowest BCUT2D eigenvalue weighted by atomic mass is 9.92. The van der Waals surface area contributed by atoms with Crippen LogP contribution >= 0.6 is 0 Å². The summed E-state index contributed by atoms with van der Waals surface area (Å²) in [6, 6.07) is 0.316. The van der Waals surface area contributed by atoms with Crippen molar-refractivity contribution in [1.29, 1.82) is 0 Å². The summed E-state index contributed by atoms with van der Waals surface area (Å²) in [5.74, 6) is 2.24. The number of amides is 1. The number of aliphatic imine (C=N–C) groups is 1. The summed E-state index contributed by atoms with van der Waals surface area (Å²) < 4.78 is 0. The topological polar surface area (TPSA) is 47.9 Å². The second-order valence-electron chi connectivity index (χ2n) is 6.58. The normalized spacial score (nSPS) is 23.9. The Morgan fingerprint density at radius 3 is 2.30 bits per heavy atom. The molecule has 1 saturated heterocycles. The molecule has 0 saturated carbocycles. The molecular weight excluding hydrogens is 252 g/mol. The van der Waals surface area contributed by atoms with Crippen molar-refractivity contribution in [1.82, 2.24) is 15.1 Å². The van der Waals surface area contributed by atoms with E-state index in [2.05, 4.69) is 42.9 Å². The molecule has 0 aliphatic carbocycles. The minimum absolute atomic E-state index is 0.0335. The lowest BCUT2D eigenvalue weighted by molar-refractivity contribution is -0.127. The minimum Gasteiger partial charge on any atom is -0.354 e. The van der Waals surface area contributed by atoms with Gasteiger partial charge in [0.1, 0.15) is 6.54 Å². The molecule has 5 heteroatoms. The summed E-state index contributed by atoms with van der Waals surface area (Å²) in [5.41, 5.74) is 0. The van der Waals surface area contributed by atoms with Gasteiger partial charge >= 0.3 is 0 Å². The van der Waals surface area contributed by atoms with Crippen molar-refractivity contribution in [2.24, 2.45) is 16.8 Å². The molecule has 0 radical (unpaired) electrons. The van der Waals surface area contributed by atoms with Gasteiger partial charge in [-0.3, -0.25) is 4.79 Å². The van der Waals surface area contributed by atoms with Crippen LogP contribution in [0.15, 0.2) is 4.99 Å². The van der Waals surface area contributed by atoms with Crippen molar-refractivity contribution in [3.63, 3.8) is 0 Å². The molecule has 1 amide bonds. The average molecular weight is 282 g/mol. The van der Waals surface area contributed by atoms with Crippen molar-refractivity contribution in [3.05, 3.63) is 0 Å². The lowest BCUT2D eigenvalue weighted by Gasteiger charge is -2.37. The first-order valence-corrected chi connectivity index (χ1v) is 7.55. The summed E-state index contributed by atoms with van der Waals surface area (Å²) in [6.07, 6.45) is 1.27. The molecule has 0 bridgehead atoms. The van der Waals surface area contributed by atoms with Crippen LogP contribution < -0.4 is 5.32 Å². The molecule has 5 nitrogen and oxygen atoms in total. The second-order valence-corrected chi connectivity index (χ2v) is 6.58. The maximum atomic E-state index is 11.7. The fourth-order valence-electron chi connectivity index (χ4n) is 2.61. The Hall–Kier alpha value is -1.26. The van der Waals surface area contributed by atoms with Gasteiger partial charge < -0.3 is 15.1 Å². The first-order valence-electron chi connectivity index (χ1n) is 7.55. The van der Waals surface area contributed by atoms with Crippen LogP contribution in [0, 0.1) is 11.8 Å². The number of carbonyl (C=O) groups excluding carboxylic acids is 1. The minimum atomic E-state index is 0.0335. The molecule has 2 atom stereocenters. The predicted molar refractivity (Wildman–Crippen MR) is 83.8 cm³/mol. The van der Waals surface area contributed by atoms with Gasteiger partial charge in [-0.15, -0.1) is 0 Å². The van der Waals surface area contributed by atoms with E-state index in [1.165, 1.54) is 6.42 Å². The number of hydrogen-bond donors (Lipinski definition) is 1. The number of guanidine groups is 1. The van der Waals surface area contributed by atoms with Gasteiger partial charge in [-0.2, -0.15) is 0 Å². The Morgan fingerprint density at radius 1 is 1.30 bits per heavy atom. The zero-order valence-corrected chi connectivity index (χ0v) is 13.8. The summed E-state index contributed by atoms with van der Waals surface area (Å²) >= 11 is 0. The fraction of sp³-hybridized carbons (Fsp3) is 0.867.